The van der Waals surface area contributed by atoms with Crippen LogP contribution >= 0.6 is 11.8 Å². The summed E-state index contributed by atoms with van der Waals surface area (Å²) in [6.07, 6.45) is 1.84. The predicted molar refractivity (Wildman–Crippen MR) is 90.6 cm³/mol. The first kappa shape index (κ1) is 15.5. The van der Waals surface area contributed by atoms with Crippen LogP contribution in [0.3, 0.4) is 0 Å². The quantitative estimate of drug-likeness (QED) is 0.729. The molecule has 0 amide bonds. The summed E-state index contributed by atoms with van der Waals surface area (Å²) in [6, 6.07) is 7.15. The van der Waals surface area contributed by atoms with Crippen LogP contribution < -0.4 is 11.1 Å². The van der Waals surface area contributed by atoms with Crippen LogP contribution in [0.1, 0.15) is 5.56 Å². The Morgan fingerprint density at radius 3 is 2.57 bits per heavy atom. The number of rotatable bonds is 5. The van der Waals surface area contributed by atoms with Crippen molar-refractivity contribution in [3.63, 3.8) is 0 Å². The van der Waals surface area contributed by atoms with Crippen molar-refractivity contribution >= 4 is 17.8 Å². The lowest BCUT2D eigenvalue weighted by atomic mass is 10.2. The molecule has 0 aromatic heterocycles. The van der Waals surface area contributed by atoms with Crippen LogP contribution in [-0.4, -0.2) is 36.2 Å². The van der Waals surface area contributed by atoms with E-state index in [1.807, 2.05) is 18.2 Å². The summed E-state index contributed by atoms with van der Waals surface area (Å²) in [5.41, 5.74) is 7.07. The zero-order chi connectivity index (χ0) is 15.2. The maximum atomic E-state index is 9.86. The van der Waals surface area contributed by atoms with Crippen LogP contribution in [0.25, 0.3) is 6.08 Å². The van der Waals surface area contributed by atoms with E-state index in [2.05, 4.69) is 23.4 Å². The topological polar surface area (TPSA) is 61.5 Å². The second-order valence-corrected chi connectivity index (χ2v) is 5.94. The molecular formula is C16H21N3OS. The summed E-state index contributed by atoms with van der Waals surface area (Å²) >= 11 is 1.49. The Labute approximate surface area is 130 Å². The summed E-state index contributed by atoms with van der Waals surface area (Å²) < 4.78 is 0. The van der Waals surface area contributed by atoms with Gasteiger partial charge in [0, 0.05) is 42.3 Å². The molecule has 4 nitrogen and oxygen atoms in total. The van der Waals surface area contributed by atoms with Crippen molar-refractivity contribution in [3.8, 4) is 5.75 Å². The number of piperazine rings is 1. The van der Waals surface area contributed by atoms with Crippen LogP contribution in [0.15, 0.2) is 53.1 Å². The van der Waals surface area contributed by atoms with E-state index in [0.29, 0.717) is 5.70 Å². The molecule has 1 aliphatic heterocycles. The number of thioether (sulfide) groups is 1. The van der Waals surface area contributed by atoms with E-state index in [-0.39, 0.29) is 5.75 Å². The second kappa shape index (κ2) is 7.24. The van der Waals surface area contributed by atoms with Crippen molar-refractivity contribution in [2.75, 3.05) is 26.2 Å². The predicted octanol–water partition coefficient (Wildman–Crippen LogP) is 2.32. The molecule has 0 unspecified atom stereocenters. The fraction of sp³-hybridized carbons (Fsp3) is 0.250. The Morgan fingerprint density at radius 2 is 1.95 bits per heavy atom. The van der Waals surface area contributed by atoms with Crippen molar-refractivity contribution in [1.29, 1.82) is 0 Å². The molecule has 0 bridgehead atoms. The number of nitrogens with two attached hydrogens (primary N) is 1. The highest BCUT2D eigenvalue weighted by Crippen LogP contribution is 2.32. The Balaban J connectivity index is 2.14. The normalized spacial score (nSPS) is 15.8. The zero-order valence-electron chi connectivity index (χ0n) is 12.0. The molecule has 21 heavy (non-hydrogen) atoms. The second-order valence-electron chi connectivity index (χ2n) is 4.83. The number of nitrogens with zero attached hydrogens (tertiary/aromatic N) is 1. The highest BCUT2D eigenvalue weighted by molar-refractivity contribution is 8.07. The fourth-order valence-corrected chi connectivity index (χ4v) is 2.93. The maximum absolute atomic E-state index is 9.86. The Morgan fingerprint density at radius 1 is 1.29 bits per heavy atom. The molecule has 1 aromatic rings. The van der Waals surface area contributed by atoms with Gasteiger partial charge >= 0.3 is 0 Å². The summed E-state index contributed by atoms with van der Waals surface area (Å²) in [6.45, 7) is 11.7. The molecule has 0 aliphatic carbocycles. The number of hydrogen-bond donors (Lipinski definition) is 3. The van der Waals surface area contributed by atoms with E-state index in [4.69, 9.17) is 5.73 Å². The van der Waals surface area contributed by atoms with Crippen LogP contribution in [0.2, 0.25) is 0 Å². The molecule has 0 radical (unpaired) electrons. The number of phenols is 1. The molecule has 1 fully saturated rings. The van der Waals surface area contributed by atoms with Crippen LogP contribution in [0.5, 0.6) is 5.75 Å². The molecule has 1 aromatic carbocycles. The molecule has 2 rings (SSSR count). The standard InChI is InChI=1S/C16H21N3OS/c1-12(17)16(11-14-5-3-4-6-15(14)20)21-13(2)19-9-7-18-8-10-19/h3-6,11,18,20H,1-2,7-10,17H2/b16-11-. The van der Waals surface area contributed by atoms with Gasteiger partial charge in [-0.3, -0.25) is 0 Å². The smallest absolute Gasteiger partial charge is 0.122 e. The van der Waals surface area contributed by atoms with E-state index in [1.54, 1.807) is 12.1 Å². The van der Waals surface area contributed by atoms with Gasteiger partial charge in [-0.15, -0.1) is 0 Å². The van der Waals surface area contributed by atoms with Crippen molar-refractivity contribution in [3.05, 3.63) is 58.6 Å². The first-order valence-electron chi connectivity index (χ1n) is 6.85. The summed E-state index contributed by atoms with van der Waals surface area (Å²) in [5, 5.41) is 14.1. The monoisotopic (exact) mass is 303 g/mol. The minimum absolute atomic E-state index is 0.227. The van der Waals surface area contributed by atoms with E-state index in [1.165, 1.54) is 11.8 Å². The Kier molecular flexibility index (Phi) is 5.36. The molecule has 0 saturated carbocycles. The van der Waals surface area contributed by atoms with Crippen molar-refractivity contribution in [2.24, 2.45) is 5.73 Å². The number of aromatic hydroxyl groups is 1. The average Bonchev–Trinajstić information content (AvgIpc) is 2.49. The third-order valence-corrected chi connectivity index (χ3v) is 4.33. The first-order valence-corrected chi connectivity index (χ1v) is 7.66. The lowest BCUT2D eigenvalue weighted by Crippen LogP contribution is -2.42. The van der Waals surface area contributed by atoms with Crippen molar-refractivity contribution in [1.82, 2.24) is 10.2 Å². The summed E-state index contributed by atoms with van der Waals surface area (Å²) in [5.74, 6) is 0.227. The first-order chi connectivity index (χ1) is 10.1. The highest BCUT2D eigenvalue weighted by atomic mass is 32.2. The van der Waals surface area contributed by atoms with Crippen molar-refractivity contribution in [2.45, 2.75) is 0 Å². The summed E-state index contributed by atoms with van der Waals surface area (Å²) in [7, 11) is 0. The van der Waals surface area contributed by atoms with Gasteiger partial charge < -0.3 is 21.1 Å². The molecule has 1 saturated heterocycles. The van der Waals surface area contributed by atoms with Crippen molar-refractivity contribution < 1.29 is 5.11 Å². The van der Waals surface area contributed by atoms with Gasteiger partial charge in [0.05, 0.1) is 5.03 Å². The summed E-state index contributed by atoms with van der Waals surface area (Å²) in [4.78, 5) is 3.03. The third kappa shape index (κ3) is 4.31. The molecule has 0 atom stereocenters. The zero-order valence-corrected chi connectivity index (χ0v) is 12.8. The van der Waals surface area contributed by atoms with E-state index < -0.39 is 0 Å². The van der Waals surface area contributed by atoms with Gasteiger partial charge in [0.25, 0.3) is 0 Å². The average molecular weight is 303 g/mol. The SMILES string of the molecule is C=C(N)/C(=C/c1ccccc1O)SC(=C)N1CCNCC1. The van der Waals surface area contributed by atoms with Gasteiger partial charge in [0.2, 0.25) is 0 Å². The van der Waals surface area contributed by atoms with Gasteiger partial charge in [-0.25, -0.2) is 0 Å². The lowest BCUT2D eigenvalue weighted by molar-refractivity contribution is 0.318. The number of phenolic OH excluding ortho intramolecular Hbond substituents is 1. The Hall–Kier alpha value is -1.85. The van der Waals surface area contributed by atoms with E-state index >= 15 is 0 Å². The molecule has 1 aliphatic rings. The number of hydrogen-bond acceptors (Lipinski definition) is 5. The minimum atomic E-state index is 0.227. The third-order valence-electron chi connectivity index (χ3n) is 3.24. The minimum Gasteiger partial charge on any atom is -0.507 e. The lowest BCUT2D eigenvalue weighted by Gasteiger charge is -2.30. The van der Waals surface area contributed by atoms with Gasteiger partial charge in [-0.1, -0.05) is 43.1 Å². The Bertz CT molecular complexity index is 562. The van der Waals surface area contributed by atoms with Gasteiger partial charge in [-0.2, -0.15) is 0 Å². The fourth-order valence-electron chi connectivity index (χ4n) is 2.04. The van der Waals surface area contributed by atoms with E-state index in [9.17, 15) is 5.11 Å². The molecule has 112 valence electrons. The van der Waals surface area contributed by atoms with Gasteiger partial charge in [0.15, 0.2) is 0 Å². The highest BCUT2D eigenvalue weighted by Gasteiger charge is 2.14. The van der Waals surface area contributed by atoms with Crippen LogP contribution in [0, 0.1) is 0 Å². The number of benzene rings is 1. The molecule has 5 heteroatoms. The van der Waals surface area contributed by atoms with Gasteiger partial charge in [0.1, 0.15) is 5.75 Å². The molecule has 1 heterocycles. The largest absolute Gasteiger partial charge is 0.507 e. The number of para-hydroxylation sites is 1. The van der Waals surface area contributed by atoms with Crippen LogP contribution in [-0.2, 0) is 0 Å². The van der Waals surface area contributed by atoms with Gasteiger partial charge in [-0.05, 0) is 12.1 Å². The molecular weight excluding hydrogens is 282 g/mol. The van der Waals surface area contributed by atoms with E-state index in [0.717, 1.165) is 41.7 Å². The maximum Gasteiger partial charge on any atom is 0.122 e. The molecule has 4 N–H and O–H groups in total. The number of nitrogens with one attached hydrogen (secondary N) is 1. The molecule has 0 spiro atoms. The van der Waals surface area contributed by atoms with Crippen LogP contribution in [0.4, 0.5) is 0 Å².